The van der Waals surface area contributed by atoms with E-state index < -0.39 is 27.2 Å². The molecule has 1 aliphatic rings. The van der Waals surface area contributed by atoms with E-state index in [0.717, 1.165) is 0 Å². The van der Waals surface area contributed by atoms with Gasteiger partial charge in [-0.1, -0.05) is 57.4 Å². The van der Waals surface area contributed by atoms with Crippen LogP contribution >= 0.6 is 15.6 Å². The predicted octanol–water partition coefficient (Wildman–Crippen LogP) is 3.90. The van der Waals surface area contributed by atoms with Crippen molar-refractivity contribution in [1.82, 2.24) is 0 Å². The lowest BCUT2D eigenvalue weighted by Crippen LogP contribution is -2.26. The Balaban J connectivity index is 2.52. The van der Waals surface area contributed by atoms with E-state index in [-0.39, 0.29) is 25.4 Å². The second-order valence-corrected chi connectivity index (χ2v) is 9.95. The molecule has 1 unspecified atom stereocenters. The number of phosphoric acid groups is 2. The molecule has 4 N–H and O–H groups in total. The molecule has 12 heteroatoms. The molecule has 33 heavy (non-hydrogen) atoms. The summed E-state index contributed by atoms with van der Waals surface area (Å²) in [5, 5.41) is 0. The summed E-state index contributed by atoms with van der Waals surface area (Å²) in [4.78, 5) is 36.5. The summed E-state index contributed by atoms with van der Waals surface area (Å²) in [6, 6.07) is 4.40. The van der Waals surface area contributed by atoms with E-state index in [2.05, 4.69) is 17.7 Å². The Hall–Kier alpha value is -2.16. The summed E-state index contributed by atoms with van der Waals surface area (Å²) in [5.41, 5.74) is 0.579. The third kappa shape index (κ3) is 7.98. The van der Waals surface area contributed by atoms with Gasteiger partial charge in [0.1, 0.15) is 30.5 Å². The molecular formula is C21H28O10P2. The minimum Gasteiger partial charge on any atom is -0.493 e. The van der Waals surface area contributed by atoms with Crippen LogP contribution in [0.3, 0.4) is 0 Å². The quantitative estimate of drug-likeness (QED) is 0.245. The molecule has 0 amide bonds. The van der Waals surface area contributed by atoms with Gasteiger partial charge in [-0.05, 0) is 11.6 Å². The Morgan fingerprint density at radius 2 is 1.70 bits per heavy atom. The first-order valence-corrected chi connectivity index (χ1v) is 12.9. The molecule has 0 aromatic heterocycles. The fourth-order valence-electron chi connectivity index (χ4n) is 3.39. The maximum Gasteiger partial charge on any atom is 0.524 e. The first kappa shape index (κ1) is 27.1. The first-order chi connectivity index (χ1) is 15.3. The van der Waals surface area contributed by atoms with Crippen molar-refractivity contribution in [2.24, 2.45) is 0 Å². The van der Waals surface area contributed by atoms with Gasteiger partial charge in [0.25, 0.3) is 0 Å². The van der Waals surface area contributed by atoms with E-state index in [1.807, 2.05) is 13.8 Å². The molecule has 0 spiro atoms. The molecule has 10 nitrogen and oxygen atoms in total. The molecular weight excluding hydrogens is 474 g/mol. The Kier molecular flexibility index (Phi) is 8.90. The maximum absolute atomic E-state index is 11.3. The van der Waals surface area contributed by atoms with Crippen LogP contribution in [0.1, 0.15) is 25.8 Å². The normalized spacial score (nSPS) is 17.0. The molecule has 0 fully saturated rings. The lowest BCUT2D eigenvalue weighted by Gasteiger charge is -2.34. The number of hydrogen-bond acceptors (Lipinski definition) is 6. The van der Waals surface area contributed by atoms with Crippen LogP contribution in [0.5, 0.6) is 11.5 Å². The third-order valence-electron chi connectivity index (χ3n) is 4.69. The fourth-order valence-corrected chi connectivity index (χ4v) is 4.27. The molecule has 0 heterocycles. The molecule has 182 valence electrons. The van der Waals surface area contributed by atoms with Gasteiger partial charge in [0, 0.05) is 23.5 Å². The minimum atomic E-state index is -4.77. The summed E-state index contributed by atoms with van der Waals surface area (Å²) >= 11 is 0. The van der Waals surface area contributed by atoms with Gasteiger partial charge in [-0.2, -0.15) is 0 Å². The van der Waals surface area contributed by atoms with E-state index in [1.54, 1.807) is 18.2 Å². The van der Waals surface area contributed by atoms with Gasteiger partial charge in [-0.25, -0.2) is 9.13 Å². The molecule has 0 saturated carbocycles. The number of rotatable bonds is 12. The maximum atomic E-state index is 11.3. The summed E-state index contributed by atoms with van der Waals surface area (Å²) in [6.07, 6.45) is 5.46. The topological polar surface area (TPSA) is 152 Å². The van der Waals surface area contributed by atoms with Crippen molar-refractivity contribution in [3.8, 4) is 11.5 Å². The monoisotopic (exact) mass is 502 g/mol. The van der Waals surface area contributed by atoms with Crippen LogP contribution in [0.25, 0.3) is 0 Å². The molecule has 1 atom stereocenters. The van der Waals surface area contributed by atoms with Crippen molar-refractivity contribution in [3.05, 3.63) is 72.6 Å². The van der Waals surface area contributed by atoms with Crippen LogP contribution in [0, 0.1) is 0 Å². The lowest BCUT2D eigenvalue weighted by atomic mass is 9.74. The Morgan fingerprint density at radius 3 is 2.27 bits per heavy atom. The van der Waals surface area contributed by atoms with Gasteiger partial charge < -0.3 is 23.8 Å². The van der Waals surface area contributed by atoms with Gasteiger partial charge in [-0.3, -0.25) is 14.3 Å². The van der Waals surface area contributed by atoms with Gasteiger partial charge >= 0.3 is 15.6 Å². The number of phosphoric ester groups is 2. The van der Waals surface area contributed by atoms with Gasteiger partial charge in [-0.15, -0.1) is 0 Å². The molecule has 2 rings (SSSR count). The lowest BCUT2D eigenvalue weighted by molar-refractivity contribution is 0.136. The van der Waals surface area contributed by atoms with Crippen LogP contribution in [0.15, 0.2) is 67.0 Å². The van der Waals surface area contributed by atoms with Crippen molar-refractivity contribution < 1.29 is 47.2 Å². The standard InChI is InChI=1S/C21H28O10P2/c1-5-11-28-19-13-15(30-32(22,23)24)7-9-17(19)21(3,4)18-10-8-16(31-33(25,26)27)14-20(18)29-12-6-2/h5-10,13,16H,1-2,11-12,14H2,3-4H3,(H2,22,23,24)(H2,25,26,27). The summed E-state index contributed by atoms with van der Waals surface area (Å²) in [5.74, 6) is 0.683. The van der Waals surface area contributed by atoms with Gasteiger partial charge in [0.15, 0.2) is 0 Å². The highest BCUT2D eigenvalue weighted by molar-refractivity contribution is 7.46. The van der Waals surface area contributed by atoms with Crippen molar-refractivity contribution in [3.63, 3.8) is 0 Å². The summed E-state index contributed by atoms with van der Waals surface area (Å²) in [7, 11) is -9.47. The van der Waals surface area contributed by atoms with E-state index >= 15 is 0 Å². The average Bonchev–Trinajstić information content (AvgIpc) is 2.68. The number of ether oxygens (including phenoxy) is 2. The average molecular weight is 502 g/mol. The first-order valence-electron chi connectivity index (χ1n) is 9.79. The molecule has 1 aromatic carbocycles. The van der Waals surface area contributed by atoms with Crippen molar-refractivity contribution in [2.75, 3.05) is 13.2 Å². The Bertz CT molecular complexity index is 1030. The largest absolute Gasteiger partial charge is 0.524 e. The fraction of sp³-hybridized carbons (Fsp3) is 0.333. The van der Waals surface area contributed by atoms with Crippen molar-refractivity contribution in [2.45, 2.75) is 31.8 Å². The van der Waals surface area contributed by atoms with Crippen LogP contribution in [0.4, 0.5) is 0 Å². The minimum absolute atomic E-state index is 0.0756. The van der Waals surface area contributed by atoms with E-state index in [9.17, 15) is 9.13 Å². The SMILES string of the molecule is C=CCOC1=C(C(C)(C)c2ccc(OP(=O)(O)O)cc2OCC=C)C=CC(OP(=O)(O)O)C1. The zero-order valence-electron chi connectivity index (χ0n) is 18.3. The van der Waals surface area contributed by atoms with Crippen LogP contribution < -0.4 is 9.26 Å². The molecule has 0 radical (unpaired) electrons. The number of allylic oxidation sites excluding steroid dienone is 2. The molecule has 0 saturated heterocycles. The second-order valence-electron chi connectivity index (χ2n) is 7.60. The highest BCUT2D eigenvalue weighted by Gasteiger charge is 2.35. The van der Waals surface area contributed by atoms with Crippen LogP contribution in [-0.4, -0.2) is 38.9 Å². The highest BCUT2D eigenvalue weighted by Crippen LogP contribution is 2.47. The second kappa shape index (κ2) is 10.8. The molecule has 0 aliphatic heterocycles. The third-order valence-corrected chi connectivity index (χ3v) is 5.69. The number of benzene rings is 1. The van der Waals surface area contributed by atoms with E-state index in [0.29, 0.717) is 22.6 Å². The van der Waals surface area contributed by atoms with E-state index in [4.69, 9.17) is 33.6 Å². The zero-order valence-corrected chi connectivity index (χ0v) is 20.1. The van der Waals surface area contributed by atoms with Crippen LogP contribution in [0.2, 0.25) is 0 Å². The van der Waals surface area contributed by atoms with Gasteiger partial charge in [0.2, 0.25) is 0 Å². The number of hydrogen-bond donors (Lipinski definition) is 4. The highest BCUT2D eigenvalue weighted by atomic mass is 31.2. The summed E-state index contributed by atoms with van der Waals surface area (Å²) < 4.78 is 43.5. The summed E-state index contributed by atoms with van der Waals surface area (Å²) in [6.45, 7) is 11.3. The molecule has 0 bridgehead atoms. The smallest absolute Gasteiger partial charge is 0.493 e. The van der Waals surface area contributed by atoms with Crippen LogP contribution in [-0.2, 0) is 23.8 Å². The predicted molar refractivity (Wildman–Crippen MR) is 122 cm³/mol. The Morgan fingerprint density at radius 1 is 1.06 bits per heavy atom. The Labute approximate surface area is 192 Å². The van der Waals surface area contributed by atoms with Gasteiger partial charge in [0.05, 0.1) is 6.10 Å². The molecule has 1 aromatic rings. The van der Waals surface area contributed by atoms with E-state index in [1.165, 1.54) is 24.3 Å². The van der Waals surface area contributed by atoms with Crippen molar-refractivity contribution in [1.29, 1.82) is 0 Å². The van der Waals surface area contributed by atoms with Crippen molar-refractivity contribution >= 4 is 15.6 Å². The molecule has 1 aliphatic carbocycles. The zero-order chi connectivity index (χ0) is 24.9.